The zero-order chi connectivity index (χ0) is 12.3. The van der Waals surface area contributed by atoms with Crippen LogP contribution in [-0.4, -0.2) is 36.8 Å². The quantitative estimate of drug-likeness (QED) is 0.578. The predicted molar refractivity (Wildman–Crippen MR) is 68.8 cm³/mol. The van der Waals surface area contributed by atoms with Crippen molar-refractivity contribution < 1.29 is 4.74 Å². The molecule has 0 aromatic carbocycles. The molecule has 1 aromatic heterocycles. The molecule has 0 saturated heterocycles. The van der Waals surface area contributed by atoms with Crippen LogP contribution in [0.1, 0.15) is 31.5 Å². The van der Waals surface area contributed by atoms with Crippen molar-refractivity contribution in [3.8, 4) is 0 Å². The minimum absolute atomic E-state index is 0.521. The molecule has 1 fully saturated rings. The van der Waals surface area contributed by atoms with E-state index in [4.69, 9.17) is 16.3 Å². The molecule has 1 aromatic rings. The summed E-state index contributed by atoms with van der Waals surface area (Å²) in [6.45, 7) is 4.25. The highest BCUT2D eigenvalue weighted by Gasteiger charge is 2.27. The summed E-state index contributed by atoms with van der Waals surface area (Å²) < 4.78 is 5.33. The van der Waals surface area contributed by atoms with E-state index in [9.17, 15) is 0 Å². The number of hydrogen-bond acceptors (Lipinski definition) is 4. The Balaban J connectivity index is 2.03. The van der Waals surface area contributed by atoms with E-state index in [2.05, 4.69) is 14.9 Å². The van der Waals surface area contributed by atoms with Gasteiger partial charge in [-0.15, -0.1) is 0 Å². The molecule has 4 nitrogen and oxygen atoms in total. The van der Waals surface area contributed by atoms with Crippen molar-refractivity contribution in [2.45, 2.75) is 25.7 Å². The lowest BCUT2D eigenvalue weighted by atomic mass is 10.4. The molecule has 0 aliphatic heterocycles. The van der Waals surface area contributed by atoms with Gasteiger partial charge < -0.3 is 9.64 Å². The first-order valence-electron chi connectivity index (χ1n) is 6.04. The van der Waals surface area contributed by atoms with Crippen LogP contribution in [0.2, 0.25) is 5.15 Å². The highest BCUT2D eigenvalue weighted by Crippen LogP contribution is 2.38. The molecule has 1 heterocycles. The maximum absolute atomic E-state index is 6.02. The van der Waals surface area contributed by atoms with Crippen LogP contribution in [0, 0.1) is 0 Å². The average Bonchev–Trinajstić information content (AvgIpc) is 3.12. The molecule has 0 atom stereocenters. The molecule has 94 valence electrons. The van der Waals surface area contributed by atoms with E-state index >= 15 is 0 Å². The Hall–Kier alpha value is -0.870. The maximum Gasteiger partial charge on any atom is 0.135 e. The summed E-state index contributed by atoms with van der Waals surface area (Å²) in [5.41, 5.74) is 0. The third-order valence-corrected chi connectivity index (χ3v) is 3.00. The van der Waals surface area contributed by atoms with E-state index in [1.165, 1.54) is 12.8 Å². The molecule has 1 aliphatic rings. The first-order chi connectivity index (χ1) is 8.20. The van der Waals surface area contributed by atoms with Gasteiger partial charge in [-0.3, -0.25) is 0 Å². The predicted octanol–water partition coefficient (Wildman–Crippen LogP) is 2.48. The standard InChI is InChI=1S/C12H18ClN3O/c1-3-17-7-6-16(2)11-8-10(13)14-12(15-11)9-4-5-9/h8-9H,3-7H2,1-2H3. The lowest BCUT2D eigenvalue weighted by molar-refractivity contribution is 0.154. The van der Waals surface area contributed by atoms with Crippen molar-refractivity contribution >= 4 is 17.4 Å². The molecule has 0 amide bonds. The third-order valence-electron chi connectivity index (χ3n) is 2.81. The van der Waals surface area contributed by atoms with Crippen LogP contribution in [0.3, 0.4) is 0 Å². The van der Waals surface area contributed by atoms with Gasteiger partial charge in [0.05, 0.1) is 6.61 Å². The van der Waals surface area contributed by atoms with E-state index in [1.54, 1.807) is 6.07 Å². The summed E-state index contributed by atoms with van der Waals surface area (Å²) >= 11 is 6.02. The van der Waals surface area contributed by atoms with Crippen molar-refractivity contribution in [3.63, 3.8) is 0 Å². The SMILES string of the molecule is CCOCCN(C)c1cc(Cl)nc(C2CC2)n1. The van der Waals surface area contributed by atoms with E-state index < -0.39 is 0 Å². The first-order valence-corrected chi connectivity index (χ1v) is 6.42. The Morgan fingerprint density at radius 1 is 1.47 bits per heavy atom. The van der Waals surface area contributed by atoms with Crippen LogP contribution in [0.15, 0.2) is 6.07 Å². The molecule has 5 heteroatoms. The minimum atomic E-state index is 0.521. The third kappa shape index (κ3) is 3.54. The van der Waals surface area contributed by atoms with Crippen LogP contribution in [0.25, 0.3) is 0 Å². The summed E-state index contributed by atoms with van der Waals surface area (Å²) in [5.74, 6) is 2.29. The first kappa shape index (κ1) is 12.6. The Morgan fingerprint density at radius 2 is 2.24 bits per heavy atom. The Kier molecular flexibility index (Phi) is 4.18. The number of anilines is 1. The number of ether oxygens (including phenoxy) is 1. The summed E-state index contributed by atoms with van der Waals surface area (Å²) in [4.78, 5) is 10.9. The number of aromatic nitrogens is 2. The molecular formula is C12H18ClN3O. The summed E-state index contributed by atoms with van der Waals surface area (Å²) in [5, 5.41) is 0.528. The molecule has 1 aliphatic carbocycles. The molecule has 1 saturated carbocycles. The smallest absolute Gasteiger partial charge is 0.135 e. The van der Waals surface area contributed by atoms with E-state index in [1.807, 2.05) is 14.0 Å². The monoisotopic (exact) mass is 255 g/mol. The van der Waals surface area contributed by atoms with Crippen LogP contribution in [-0.2, 0) is 4.74 Å². The van der Waals surface area contributed by atoms with Gasteiger partial charge in [0.15, 0.2) is 0 Å². The fourth-order valence-corrected chi connectivity index (χ4v) is 1.79. The zero-order valence-electron chi connectivity index (χ0n) is 10.3. The molecule has 0 radical (unpaired) electrons. The number of hydrogen-bond donors (Lipinski definition) is 0. The number of likely N-dealkylation sites (N-methyl/N-ethyl adjacent to an activating group) is 1. The van der Waals surface area contributed by atoms with E-state index in [-0.39, 0.29) is 0 Å². The molecule has 0 unspecified atom stereocenters. The molecule has 0 spiro atoms. The van der Waals surface area contributed by atoms with Crippen molar-refractivity contribution in [2.75, 3.05) is 31.7 Å². The fraction of sp³-hybridized carbons (Fsp3) is 0.667. The van der Waals surface area contributed by atoms with Crippen LogP contribution < -0.4 is 4.90 Å². The van der Waals surface area contributed by atoms with Gasteiger partial charge in [-0.25, -0.2) is 9.97 Å². The van der Waals surface area contributed by atoms with Crippen molar-refractivity contribution in [1.29, 1.82) is 0 Å². The minimum Gasteiger partial charge on any atom is -0.380 e. The second-order valence-corrected chi connectivity index (χ2v) is 4.69. The normalized spacial score (nSPS) is 15.0. The van der Waals surface area contributed by atoms with E-state index in [0.717, 1.165) is 24.8 Å². The lowest BCUT2D eigenvalue weighted by Crippen LogP contribution is -2.24. The van der Waals surface area contributed by atoms with Gasteiger partial charge in [-0.05, 0) is 19.8 Å². The second kappa shape index (κ2) is 5.65. The number of halogens is 1. The van der Waals surface area contributed by atoms with Crippen LogP contribution >= 0.6 is 11.6 Å². The van der Waals surface area contributed by atoms with Crippen molar-refractivity contribution in [1.82, 2.24) is 9.97 Å². The van der Waals surface area contributed by atoms with Gasteiger partial charge in [0.1, 0.15) is 16.8 Å². The highest BCUT2D eigenvalue weighted by atomic mass is 35.5. The fourth-order valence-electron chi connectivity index (χ4n) is 1.60. The average molecular weight is 256 g/mol. The molecule has 2 rings (SSSR count). The van der Waals surface area contributed by atoms with Gasteiger partial charge in [-0.1, -0.05) is 11.6 Å². The highest BCUT2D eigenvalue weighted by molar-refractivity contribution is 6.29. The molecular weight excluding hydrogens is 238 g/mol. The van der Waals surface area contributed by atoms with Crippen molar-refractivity contribution in [2.24, 2.45) is 0 Å². The number of rotatable bonds is 6. The maximum atomic E-state index is 6.02. The van der Waals surface area contributed by atoms with Gasteiger partial charge >= 0.3 is 0 Å². The van der Waals surface area contributed by atoms with Gasteiger partial charge in [-0.2, -0.15) is 0 Å². The zero-order valence-corrected chi connectivity index (χ0v) is 11.1. The Morgan fingerprint density at radius 3 is 2.88 bits per heavy atom. The van der Waals surface area contributed by atoms with E-state index in [0.29, 0.717) is 17.7 Å². The van der Waals surface area contributed by atoms with Crippen molar-refractivity contribution in [3.05, 3.63) is 17.0 Å². The molecule has 0 bridgehead atoms. The lowest BCUT2D eigenvalue weighted by Gasteiger charge is -2.18. The number of nitrogens with zero attached hydrogens (tertiary/aromatic N) is 3. The van der Waals surface area contributed by atoms with Gasteiger partial charge in [0.25, 0.3) is 0 Å². The second-order valence-electron chi connectivity index (χ2n) is 4.30. The Bertz CT molecular complexity index is 382. The van der Waals surface area contributed by atoms with Crippen LogP contribution in [0.5, 0.6) is 0 Å². The van der Waals surface area contributed by atoms with Gasteiger partial charge in [0.2, 0.25) is 0 Å². The summed E-state index contributed by atoms with van der Waals surface area (Å²) in [7, 11) is 1.99. The molecule has 17 heavy (non-hydrogen) atoms. The van der Waals surface area contributed by atoms with Gasteiger partial charge in [0, 0.05) is 32.2 Å². The topological polar surface area (TPSA) is 38.2 Å². The molecule has 0 N–H and O–H groups in total. The summed E-state index contributed by atoms with van der Waals surface area (Å²) in [6, 6.07) is 1.80. The largest absolute Gasteiger partial charge is 0.380 e. The van der Waals surface area contributed by atoms with Crippen LogP contribution in [0.4, 0.5) is 5.82 Å². The Labute approximate surface area is 107 Å². The summed E-state index contributed by atoms with van der Waals surface area (Å²) in [6.07, 6.45) is 2.37.